The molecule has 7 heteroatoms. The maximum atomic E-state index is 12.9. The van der Waals surface area contributed by atoms with E-state index < -0.39 is 23.8 Å². The number of imide groups is 1. The molecule has 0 fully saturated rings. The first-order chi connectivity index (χ1) is 13.3. The summed E-state index contributed by atoms with van der Waals surface area (Å²) < 4.78 is 5.29. The first-order valence-electron chi connectivity index (χ1n) is 8.92. The predicted octanol–water partition coefficient (Wildman–Crippen LogP) is 3.29. The normalized spacial score (nSPS) is 14.2. The van der Waals surface area contributed by atoms with Gasteiger partial charge in [0.2, 0.25) is 5.91 Å². The molecule has 1 atom stereocenters. The van der Waals surface area contributed by atoms with Crippen LogP contribution in [0.5, 0.6) is 5.75 Å². The lowest BCUT2D eigenvalue weighted by Crippen LogP contribution is -2.52. The van der Waals surface area contributed by atoms with Crippen molar-refractivity contribution in [1.29, 1.82) is 0 Å². The van der Waals surface area contributed by atoms with E-state index in [9.17, 15) is 14.4 Å². The molecule has 1 unspecified atom stereocenters. The quantitative estimate of drug-likeness (QED) is 0.755. The van der Waals surface area contributed by atoms with Crippen LogP contribution in [-0.4, -0.2) is 35.8 Å². The van der Waals surface area contributed by atoms with E-state index in [0.29, 0.717) is 27.5 Å². The summed E-state index contributed by atoms with van der Waals surface area (Å²) in [5.41, 5.74) is 1.35. The number of methoxy groups -OCH3 is 1. The molecule has 1 aliphatic heterocycles. The predicted molar refractivity (Wildman–Crippen MR) is 105 cm³/mol. The van der Waals surface area contributed by atoms with Crippen LogP contribution in [0.25, 0.3) is 0 Å². The number of benzene rings is 2. The number of nitrogens with one attached hydrogen (secondary N) is 1. The highest BCUT2D eigenvalue weighted by Gasteiger charge is 2.43. The van der Waals surface area contributed by atoms with Crippen molar-refractivity contribution in [3.8, 4) is 5.75 Å². The first-order valence-corrected chi connectivity index (χ1v) is 9.30. The summed E-state index contributed by atoms with van der Waals surface area (Å²) in [6, 6.07) is 10.8. The molecule has 2 aromatic carbocycles. The molecule has 0 saturated carbocycles. The van der Waals surface area contributed by atoms with Crippen molar-refractivity contribution in [2.24, 2.45) is 5.92 Å². The highest BCUT2D eigenvalue weighted by molar-refractivity contribution is 6.30. The van der Waals surface area contributed by atoms with Gasteiger partial charge in [0.15, 0.2) is 0 Å². The Kier molecular flexibility index (Phi) is 5.70. The Morgan fingerprint density at radius 1 is 1.11 bits per heavy atom. The number of hydrogen-bond acceptors (Lipinski definition) is 4. The number of amides is 3. The molecule has 3 amide bonds. The Hall–Kier alpha value is -2.86. The summed E-state index contributed by atoms with van der Waals surface area (Å²) in [6.45, 7) is 3.76. The lowest BCUT2D eigenvalue weighted by atomic mass is 10.0. The number of carbonyl (C=O) groups excluding carboxylic acids is 3. The second kappa shape index (κ2) is 8.02. The molecule has 0 radical (unpaired) electrons. The van der Waals surface area contributed by atoms with Crippen LogP contribution in [0.2, 0.25) is 5.02 Å². The van der Waals surface area contributed by atoms with E-state index in [-0.39, 0.29) is 12.5 Å². The number of carbonyl (C=O) groups is 3. The van der Waals surface area contributed by atoms with Crippen LogP contribution in [0.1, 0.15) is 40.1 Å². The van der Waals surface area contributed by atoms with E-state index in [2.05, 4.69) is 5.32 Å². The topological polar surface area (TPSA) is 75.7 Å². The molecule has 1 aliphatic rings. The Morgan fingerprint density at radius 3 is 2.25 bits per heavy atom. The number of nitrogens with zero attached hydrogens (tertiary/aromatic N) is 1. The molecule has 0 saturated heterocycles. The van der Waals surface area contributed by atoms with Crippen molar-refractivity contribution in [3.05, 3.63) is 64.2 Å². The van der Waals surface area contributed by atoms with Gasteiger partial charge in [-0.2, -0.15) is 0 Å². The van der Waals surface area contributed by atoms with Gasteiger partial charge in [0, 0.05) is 17.1 Å². The van der Waals surface area contributed by atoms with Crippen LogP contribution in [-0.2, 0) is 11.3 Å². The molecule has 0 aromatic heterocycles. The van der Waals surface area contributed by atoms with Crippen molar-refractivity contribution < 1.29 is 19.1 Å². The van der Waals surface area contributed by atoms with Crippen LogP contribution in [0, 0.1) is 5.92 Å². The monoisotopic (exact) mass is 400 g/mol. The Bertz CT molecular complexity index is 907. The molecule has 3 rings (SSSR count). The molecule has 1 N–H and O–H groups in total. The number of hydrogen-bond donors (Lipinski definition) is 1. The van der Waals surface area contributed by atoms with Gasteiger partial charge < -0.3 is 10.1 Å². The van der Waals surface area contributed by atoms with E-state index in [1.165, 1.54) is 7.11 Å². The molecule has 28 heavy (non-hydrogen) atoms. The molecule has 0 aliphatic carbocycles. The SMILES string of the molecule is COc1ccc(Cl)cc1CNC(=O)C(C(C)C)N1C(=O)c2ccccc2C1=O. The molecular weight excluding hydrogens is 380 g/mol. The number of rotatable bonds is 6. The van der Waals surface area contributed by atoms with Crippen LogP contribution in [0.15, 0.2) is 42.5 Å². The standard InChI is InChI=1S/C21H21ClN2O4/c1-12(2)18(24-20(26)15-6-4-5-7-16(15)21(24)27)19(25)23-11-13-10-14(22)8-9-17(13)28-3/h4-10,12,18H,11H2,1-3H3,(H,23,25). The average molecular weight is 401 g/mol. The van der Waals surface area contributed by atoms with Gasteiger partial charge in [-0.1, -0.05) is 37.6 Å². The molecule has 6 nitrogen and oxygen atoms in total. The van der Waals surface area contributed by atoms with Crippen molar-refractivity contribution >= 4 is 29.3 Å². The smallest absolute Gasteiger partial charge is 0.262 e. The van der Waals surface area contributed by atoms with Gasteiger partial charge in [-0.05, 0) is 36.2 Å². The molecule has 1 heterocycles. The minimum atomic E-state index is -0.919. The summed E-state index contributed by atoms with van der Waals surface area (Å²) in [4.78, 5) is 39.5. The van der Waals surface area contributed by atoms with Gasteiger partial charge in [-0.3, -0.25) is 19.3 Å². The van der Waals surface area contributed by atoms with E-state index in [4.69, 9.17) is 16.3 Å². The zero-order chi connectivity index (χ0) is 20.4. The zero-order valence-corrected chi connectivity index (χ0v) is 16.6. The number of fused-ring (bicyclic) bond motifs is 1. The fourth-order valence-corrected chi connectivity index (χ4v) is 3.55. The number of halogens is 1. The minimum absolute atomic E-state index is 0.162. The second-order valence-corrected chi connectivity index (χ2v) is 7.33. The van der Waals surface area contributed by atoms with Crippen LogP contribution in [0.3, 0.4) is 0 Å². The van der Waals surface area contributed by atoms with E-state index in [1.807, 2.05) is 0 Å². The Labute approximate surface area is 168 Å². The minimum Gasteiger partial charge on any atom is -0.496 e. The van der Waals surface area contributed by atoms with Gasteiger partial charge in [0.25, 0.3) is 11.8 Å². The van der Waals surface area contributed by atoms with Gasteiger partial charge >= 0.3 is 0 Å². The molecule has 0 spiro atoms. The summed E-state index contributed by atoms with van der Waals surface area (Å²) in [6.07, 6.45) is 0. The van der Waals surface area contributed by atoms with Crippen LogP contribution in [0.4, 0.5) is 0 Å². The first kappa shape index (κ1) is 19.9. The molecule has 146 valence electrons. The van der Waals surface area contributed by atoms with E-state index >= 15 is 0 Å². The maximum Gasteiger partial charge on any atom is 0.262 e. The van der Waals surface area contributed by atoms with Crippen molar-refractivity contribution in [1.82, 2.24) is 10.2 Å². The largest absolute Gasteiger partial charge is 0.496 e. The third-order valence-electron chi connectivity index (χ3n) is 4.70. The summed E-state index contributed by atoms with van der Waals surface area (Å²) in [5, 5.41) is 3.32. The third-order valence-corrected chi connectivity index (χ3v) is 4.93. The summed E-state index contributed by atoms with van der Waals surface area (Å²) in [5.74, 6) is -0.980. The zero-order valence-electron chi connectivity index (χ0n) is 15.9. The lowest BCUT2D eigenvalue weighted by molar-refractivity contribution is -0.126. The lowest BCUT2D eigenvalue weighted by Gasteiger charge is -2.28. The van der Waals surface area contributed by atoms with E-state index in [0.717, 1.165) is 4.90 Å². The highest BCUT2D eigenvalue weighted by atomic mass is 35.5. The van der Waals surface area contributed by atoms with Crippen LogP contribution >= 0.6 is 11.6 Å². The van der Waals surface area contributed by atoms with Crippen molar-refractivity contribution in [2.75, 3.05) is 7.11 Å². The van der Waals surface area contributed by atoms with Gasteiger partial charge in [0.1, 0.15) is 11.8 Å². The fraction of sp³-hybridized carbons (Fsp3) is 0.286. The van der Waals surface area contributed by atoms with Crippen molar-refractivity contribution in [3.63, 3.8) is 0 Å². The average Bonchev–Trinajstić information content (AvgIpc) is 2.92. The van der Waals surface area contributed by atoms with Gasteiger partial charge in [-0.25, -0.2) is 0 Å². The van der Waals surface area contributed by atoms with Gasteiger partial charge in [0.05, 0.1) is 18.2 Å². The fourth-order valence-electron chi connectivity index (χ4n) is 3.35. The Morgan fingerprint density at radius 2 is 1.71 bits per heavy atom. The molecule has 2 aromatic rings. The van der Waals surface area contributed by atoms with Gasteiger partial charge in [-0.15, -0.1) is 0 Å². The van der Waals surface area contributed by atoms with Crippen LogP contribution < -0.4 is 10.1 Å². The van der Waals surface area contributed by atoms with E-state index in [1.54, 1.807) is 56.3 Å². The Balaban J connectivity index is 1.82. The highest BCUT2D eigenvalue weighted by Crippen LogP contribution is 2.27. The maximum absolute atomic E-state index is 12.9. The number of ether oxygens (including phenoxy) is 1. The summed E-state index contributed by atoms with van der Waals surface area (Å²) >= 11 is 6.03. The second-order valence-electron chi connectivity index (χ2n) is 6.89. The molecule has 0 bridgehead atoms. The summed E-state index contributed by atoms with van der Waals surface area (Å²) in [7, 11) is 1.53. The third kappa shape index (κ3) is 3.60. The molecular formula is C21H21ClN2O4. The van der Waals surface area contributed by atoms with Crippen molar-refractivity contribution in [2.45, 2.75) is 26.4 Å².